The number of rotatable bonds is 7. The minimum atomic E-state index is -0.282. The molecule has 0 atom stereocenters. The maximum absolute atomic E-state index is 13.3. The average Bonchev–Trinajstić information content (AvgIpc) is 2.84. The number of para-hydroxylation sites is 2. The van der Waals surface area contributed by atoms with E-state index in [9.17, 15) is 9.59 Å². The fourth-order valence-electron chi connectivity index (χ4n) is 3.27. The predicted octanol–water partition coefficient (Wildman–Crippen LogP) is 4.66. The Balaban J connectivity index is 1.54. The van der Waals surface area contributed by atoms with Crippen LogP contribution in [0.25, 0.3) is 16.6 Å². The second-order valence-electron chi connectivity index (χ2n) is 7.19. The summed E-state index contributed by atoms with van der Waals surface area (Å²) in [7, 11) is 0. The van der Waals surface area contributed by atoms with E-state index in [1.54, 1.807) is 34.7 Å². The lowest BCUT2D eigenvalue weighted by molar-refractivity contribution is -0.118. The zero-order valence-electron chi connectivity index (χ0n) is 18.2. The summed E-state index contributed by atoms with van der Waals surface area (Å²) < 4.78 is 1.58. The quantitative estimate of drug-likeness (QED) is 0.182. The maximum atomic E-state index is 13.3. The molecule has 0 saturated heterocycles. The van der Waals surface area contributed by atoms with E-state index in [2.05, 4.69) is 15.5 Å². The van der Waals surface area contributed by atoms with Crippen molar-refractivity contribution in [3.8, 4) is 5.69 Å². The smallest absolute Gasteiger partial charge is 0.266 e. The van der Waals surface area contributed by atoms with Gasteiger partial charge in [0.15, 0.2) is 5.16 Å². The number of benzene rings is 3. The van der Waals surface area contributed by atoms with Gasteiger partial charge >= 0.3 is 0 Å². The van der Waals surface area contributed by atoms with Crippen LogP contribution in [0.15, 0.2) is 92.7 Å². The van der Waals surface area contributed by atoms with Gasteiger partial charge in [-0.3, -0.25) is 14.2 Å². The lowest BCUT2D eigenvalue weighted by Crippen LogP contribution is -2.24. The van der Waals surface area contributed by atoms with Crippen LogP contribution < -0.4 is 11.0 Å². The number of nitrogens with one attached hydrogen (secondary N) is 1. The van der Waals surface area contributed by atoms with Crippen molar-refractivity contribution < 1.29 is 4.79 Å². The van der Waals surface area contributed by atoms with Gasteiger partial charge < -0.3 is 0 Å². The predicted molar refractivity (Wildman–Crippen MR) is 137 cm³/mol. The molecule has 0 bridgehead atoms. The van der Waals surface area contributed by atoms with E-state index < -0.39 is 0 Å². The summed E-state index contributed by atoms with van der Waals surface area (Å²) in [5, 5.41) is 5.03. The average molecular weight is 475 g/mol. The summed E-state index contributed by atoms with van der Waals surface area (Å²) in [6, 6.07) is 22.7. The van der Waals surface area contributed by atoms with Crippen LogP contribution in [0.3, 0.4) is 0 Å². The first-order valence-corrected chi connectivity index (χ1v) is 12.4. The van der Waals surface area contributed by atoms with E-state index in [1.165, 1.54) is 11.8 Å². The number of hydrogen-bond acceptors (Lipinski definition) is 6. The van der Waals surface area contributed by atoms with Gasteiger partial charge in [0.05, 0.1) is 28.6 Å². The summed E-state index contributed by atoms with van der Waals surface area (Å²) in [4.78, 5) is 31.5. The van der Waals surface area contributed by atoms with Gasteiger partial charge in [-0.2, -0.15) is 5.10 Å². The highest BCUT2D eigenvalue weighted by Gasteiger charge is 2.15. The van der Waals surface area contributed by atoms with Gasteiger partial charge in [-0.25, -0.2) is 10.4 Å². The number of carbonyl (C=O) groups excluding carboxylic acids is 1. The number of hydrogen-bond donors (Lipinski definition) is 1. The van der Waals surface area contributed by atoms with Gasteiger partial charge in [0.25, 0.3) is 11.5 Å². The molecule has 0 saturated carbocycles. The Morgan fingerprint density at radius 2 is 1.79 bits per heavy atom. The topological polar surface area (TPSA) is 76.3 Å². The van der Waals surface area contributed by atoms with Gasteiger partial charge in [-0.1, -0.05) is 54.2 Å². The molecule has 1 heterocycles. The molecule has 0 aliphatic heterocycles. The zero-order valence-corrected chi connectivity index (χ0v) is 19.8. The Hall–Kier alpha value is -3.36. The molecule has 1 N–H and O–H groups in total. The first kappa shape index (κ1) is 22.8. The van der Waals surface area contributed by atoms with E-state index in [1.807, 2.05) is 73.8 Å². The Labute approximate surface area is 200 Å². The Kier molecular flexibility index (Phi) is 7.26. The molecule has 3 aromatic carbocycles. The highest BCUT2D eigenvalue weighted by molar-refractivity contribution is 7.99. The van der Waals surface area contributed by atoms with Gasteiger partial charge in [0.2, 0.25) is 0 Å². The normalized spacial score (nSPS) is 11.2. The summed E-state index contributed by atoms with van der Waals surface area (Å²) >= 11 is 2.87. The molecule has 4 aromatic rings. The molecule has 8 heteroatoms. The Morgan fingerprint density at radius 1 is 1.06 bits per heavy atom. The third-order valence-corrected chi connectivity index (χ3v) is 6.63. The molecule has 33 heavy (non-hydrogen) atoms. The van der Waals surface area contributed by atoms with Crippen molar-refractivity contribution in [2.24, 2.45) is 5.10 Å². The molecule has 1 aromatic heterocycles. The number of carbonyl (C=O) groups is 1. The van der Waals surface area contributed by atoms with E-state index >= 15 is 0 Å². The minimum absolute atomic E-state index is 0.0689. The summed E-state index contributed by atoms with van der Waals surface area (Å²) in [6.07, 6.45) is 3.62. The first-order chi connectivity index (χ1) is 16.1. The number of hydrazone groups is 1. The van der Waals surface area contributed by atoms with Crippen molar-refractivity contribution in [3.05, 3.63) is 94.3 Å². The number of thioether (sulfide) groups is 2. The molecular weight excluding hydrogens is 452 g/mol. The highest BCUT2D eigenvalue weighted by atomic mass is 32.2. The first-order valence-electron chi connectivity index (χ1n) is 10.2. The molecule has 1 amide bonds. The third kappa shape index (κ3) is 5.35. The van der Waals surface area contributed by atoms with Crippen LogP contribution in [0.1, 0.15) is 11.1 Å². The second-order valence-corrected chi connectivity index (χ2v) is 9.02. The van der Waals surface area contributed by atoms with Gasteiger partial charge in [-0.05, 0) is 54.6 Å². The van der Waals surface area contributed by atoms with Crippen LogP contribution in [-0.2, 0) is 4.79 Å². The van der Waals surface area contributed by atoms with Crippen molar-refractivity contribution in [2.45, 2.75) is 17.0 Å². The van der Waals surface area contributed by atoms with Gasteiger partial charge in [0, 0.05) is 4.90 Å². The number of amides is 1. The van der Waals surface area contributed by atoms with Crippen molar-refractivity contribution >= 4 is 46.5 Å². The molecule has 166 valence electrons. The van der Waals surface area contributed by atoms with Gasteiger partial charge in [0.1, 0.15) is 0 Å². The van der Waals surface area contributed by atoms with Crippen molar-refractivity contribution in [3.63, 3.8) is 0 Å². The molecule has 4 rings (SSSR count). The molecule has 0 fully saturated rings. The van der Waals surface area contributed by atoms with Crippen LogP contribution in [0.4, 0.5) is 0 Å². The summed E-state index contributed by atoms with van der Waals surface area (Å²) in [5.74, 6) is -0.213. The Bertz CT molecular complexity index is 1380. The van der Waals surface area contributed by atoms with Crippen LogP contribution in [-0.4, -0.2) is 33.7 Å². The van der Waals surface area contributed by atoms with Crippen LogP contribution >= 0.6 is 23.5 Å². The van der Waals surface area contributed by atoms with Crippen LogP contribution in [0, 0.1) is 6.92 Å². The second kappa shape index (κ2) is 10.5. The number of aryl methyl sites for hydroxylation is 1. The van der Waals surface area contributed by atoms with Crippen molar-refractivity contribution in [2.75, 3.05) is 12.0 Å². The van der Waals surface area contributed by atoms with Crippen LogP contribution in [0.2, 0.25) is 0 Å². The molecule has 0 radical (unpaired) electrons. The summed E-state index contributed by atoms with van der Waals surface area (Å²) in [6.45, 7) is 1.94. The minimum Gasteiger partial charge on any atom is -0.272 e. The fourth-order valence-corrected chi connectivity index (χ4v) is 4.47. The van der Waals surface area contributed by atoms with Crippen molar-refractivity contribution in [1.82, 2.24) is 15.0 Å². The maximum Gasteiger partial charge on any atom is 0.266 e. The van der Waals surface area contributed by atoms with Crippen molar-refractivity contribution in [1.29, 1.82) is 0 Å². The van der Waals surface area contributed by atoms with E-state index in [0.29, 0.717) is 16.1 Å². The van der Waals surface area contributed by atoms with E-state index in [0.717, 1.165) is 21.7 Å². The number of nitrogens with zero attached hydrogens (tertiary/aromatic N) is 3. The molecule has 0 aliphatic rings. The fraction of sp³-hybridized carbons (Fsp3) is 0.120. The van der Waals surface area contributed by atoms with Crippen LogP contribution in [0.5, 0.6) is 0 Å². The molecule has 6 nitrogen and oxygen atoms in total. The number of aromatic nitrogens is 2. The lowest BCUT2D eigenvalue weighted by atomic mass is 10.2. The van der Waals surface area contributed by atoms with E-state index in [-0.39, 0.29) is 17.2 Å². The third-order valence-electron chi connectivity index (χ3n) is 4.95. The molecule has 0 unspecified atom stereocenters. The lowest BCUT2D eigenvalue weighted by Gasteiger charge is -2.14. The SMILES string of the molecule is CSc1ccc(/C=N/NC(=O)CSc2nc3ccccc3c(=O)n2-c2ccccc2C)cc1. The zero-order chi connectivity index (χ0) is 23.2. The molecule has 0 spiro atoms. The largest absolute Gasteiger partial charge is 0.272 e. The Morgan fingerprint density at radius 3 is 2.55 bits per heavy atom. The monoisotopic (exact) mass is 474 g/mol. The van der Waals surface area contributed by atoms with E-state index in [4.69, 9.17) is 0 Å². The molecule has 0 aliphatic carbocycles. The standard InChI is InChI=1S/C25H22N4O2S2/c1-17-7-3-6-10-22(17)29-24(31)20-8-4-5-9-21(20)27-25(29)33-16-23(30)28-26-15-18-11-13-19(32-2)14-12-18/h3-15H,16H2,1-2H3,(H,28,30)/b26-15+. The summed E-state index contributed by atoms with van der Waals surface area (Å²) in [5.41, 5.74) is 5.56. The highest BCUT2D eigenvalue weighted by Crippen LogP contribution is 2.23. The van der Waals surface area contributed by atoms with Gasteiger partial charge in [-0.15, -0.1) is 11.8 Å². The number of fused-ring (bicyclic) bond motifs is 1. The molecular formula is C25H22N4O2S2.